The van der Waals surface area contributed by atoms with Gasteiger partial charge in [-0.05, 0) is 43.6 Å². The summed E-state index contributed by atoms with van der Waals surface area (Å²) < 4.78 is 2.16. The zero-order chi connectivity index (χ0) is 19.9. The molecule has 0 unspecified atom stereocenters. The van der Waals surface area contributed by atoms with Crippen LogP contribution in [0, 0.1) is 11.8 Å². The number of hydrogen-bond acceptors (Lipinski definition) is 4. The molecule has 1 fully saturated rings. The van der Waals surface area contributed by atoms with Gasteiger partial charge in [0.25, 0.3) is 0 Å². The molecule has 152 valence electrons. The first-order valence-corrected chi connectivity index (χ1v) is 10.9. The second-order valence-corrected chi connectivity index (χ2v) is 9.81. The van der Waals surface area contributed by atoms with Crippen molar-refractivity contribution in [2.45, 2.75) is 77.2 Å². The molecule has 3 heterocycles. The number of aryl methyl sites for hydroxylation is 1. The Morgan fingerprint density at radius 2 is 1.96 bits per heavy atom. The summed E-state index contributed by atoms with van der Waals surface area (Å²) in [4.78, 5) is 14.6. The van der Waals surface area contributed by atoms with E-state index in [1.165, 1.54) is 31.4 Å². The summed E-state index contributed by atoms with van der Waals surface area (Å²) >= 11 is 0. The van der Waals surface area contributed by atoms with E-state index in [1.807, 2.05) is 6.20 Å². The summed E-state index contributed by atoms with van der Waals surface area (Å²) in [7, 11) is 2.07. The quantitative estimate of drug-likeness (QED) is 0.852. The van der Waals surface area contributed by atoms with Crippen molar-refractivity contribution < 1.29 is 5.11 Å². The molecule has 2 atom stereocenters. The van der Waals surface area contributed by atoms with Crippen LogP contribution in [0.1, 0.15) is 77.1 Å². The van der Waals surface area contributed by atoms with Crippen LogP contribution in [0.15, 0.2) is 17.3 Å². The maximum Gasteiger partial charge on any atom is 0.159 e. The Kier molecular flexibility index (Phi) is 5.30. The van der Waals surface area contributed by atoms with Crippen molar-refractivity contribution in [3.8, 4) is 0 Å². The van der Waals surface area contributed by atoms with Gasteiger partial charge in [-0.15, -0.1) is 0 Å². The van der Waals surface area contributed by atoms with Crippen LogP contribution in [-0.2, 0) is 12.5 Å². The average molecular weight is 383 g/mol. The van der Waals surface area contributed by atoms with Crippen LogP contribution in [0.4, 0.5) is 0 Å². The Balaban J connectivity index is 1.65. The molecule has 1 saturated carbocycles. The highest BCUT2D eigenvalue weighted by molar-refractivity contribution is 6.00. The first kappa shape index (κ1) is 19.6. The van der Waals surface area contributed by atoms with E-state index in [2.05, 4.69) is 38.5 Å². The second-order valence-electron chi connectivity index (χ2n) is 9.81. The monoisotopic (exact) mass is 382 g/mol. The highest BCUT2D eigenvalue weighted by atomic mass is 16.3. The van der Waals surface area contributed by atoms with Crippen molar-refractivity contribution in [2.75, 3.05) is 6.61 Å². The summed E-state index contributed by atoms with van der Waals surface area (Å²) in [5, 5.41) is 10.0. The van der Waals surface area contributed by atoms with Gasteiger partial charge in [0.1, 0.15) is 11.2 Å². The van der Waals surface area contributed by atoms with Crippen LogP contribution in [0.25, 0.3) is 11.2 Å². The van der Waals surface area contributed by atoms with Gasteiger partial charge in [0, 0.05) is 18.2 Å². The van der Waals surface area contributed by atoms with E-state index in [-0.39, 0.29) is 18.1 Å². The molecule has 0 aromatic carbocycles. The van der Waals surface area contributed by atoms with Gasteiger partial charge < -0.3 is 9.67 Å². The maximum absolute atomic E-state index is 10.0. The molecule has 0 amide bonds. The summed E-state index contributed by atoms with van der Waals surface area (Å²) in [6, 6.07) is 2.15. The van der Waals surface area contributed by atoms with E-state index in [0.29, 0.717) is 5.92 Å². The highest BCUT2D eigenvalue weighted by Crippen LogP contribution is 2.37. The molecule has 1 N–H and O–H groups in total. The number of aliphatic hydroxyl groups excluding tert-OH is 1. The standard InChI is InChI=1S/C23H34N4O/c1-23(2,3)21-12-18-22(27(21)4)26-19(13-24-18)17-10-6-9-16(20(14-28)25-17)11-15-7-5-8-15/h12-13,15-16,20,28H,5-11,14H2,1-4H3/t16-,20-/m0/s1. The molecule has 0 spiro atoms. The zero-order valence-corrected chi connectivity index (χ0v) is 17.8. The second kappa shape index (κ2) is 7.58. The maximum atomic E-state index is 10.0. The number of aromatic nitrogens is 3. The third-order valence-corrected chi connectivity index (χ3v) is 6.70. The summed E-state index contributed by atoms with van der Waals surface area (Å²) in [5.74, 6) is 1.36. The van der Waals surface area contributed by atoms with E-state index < -0.39 is 0 Å². The number of aliphatic imine (C=N–C) groups is 1. The first-order valence-electron chi connectivity index (χ1n) is 10.9. The lowest BCUT2D eigenvalue weighted by Crippen LogP contribution is -2.27. The Bertz CT molecular complexity index is 873. The topological polar surface area (TPSA) is 63.3 Å². The summed E-state index contributed by atoms with van der Waals surface area (Å²) in [5.41, 5.74) is 5.03. The van der Waals surface area contributed by atoms with E-state index >= 15 is 0 Å². The smallest absolute Gasteiger partial charge is 0.159 e. The number of hydrogen-bond donors (Lipinski definition) is 1. The molecule has 2 aliphatic rings. The largest absolute Gasteiger partial charge is 0.394 e. The molecular formula is C23H34N4O. The number of fused-ring (bicyclic) bond motifs is 1. The number of nitrogens with zero attached hydrogens (tertiary/aromatic N) is 4. The Morgan fingerprint density at radius 3 is 2.61 bits per heavy atom. The minimum Gasteiger partial charge on any atom is -0.394 e. The summed E-state index contributed by atoms with van der Waals surface area (Å²) in [6.07, 6.45) is 10.4. The fourth-order valence-corrected chi connectivity index (χ4v) is 4.85. The first-order chi connectivity index (χ1) is 13.4. The lowest BCUT2D eigenvalue weighted by Gasteiger charge is -2.31. The fourth-order valence-electron chi connectivity index (χ4n) is 4.85. The van der Waals surface area contributed by atoms with Crippen LogP contribution in [-0.4, -0.2) is 38.0 Å². The average Bonchev–Trinajstić information content (AvgIpc) is 2.83. The van der Waals surface area contributed by atoms with Gasteiger partial charge in [-0.2, -0.15) is 0 Å². The lowest BCUT2D eigenvalue weighted by atomic mass is 9.76. The van der Waals surface area contributed by atoms with Crippen LogP contribution in [0.2, 0.25) is 0 Å². The molecule has 5 nitrogen and oxygen atoms in total. The fraction of sp³-hybridized carbons (Fsp3) is 0.696. The van der Waals surface area contributed by atoms with Gasteiger partial charge >= 0.3 is 0 Å². The van der Waals surface area contributed by atoms with E-state index in [0.717, 1.165) is 47.7 Å². The molecule has 1 aliphatic heterocycles. The van der Waals surface area contributed by atoms with Crippen LogP contribution in [0.3, 0.4) is 0 Å². The van der Waals surface area contributed by atoms with Gasteiger partial charge in [0.05, 0.1) is 24.6 Å². The minimum absolute atomic E-state index is 0.00847. The van der Waals surface area contributed by atoms with Crippen molar-refractivity contribution in [2.24, 2.45) is 23.9 Å². The lowest BCUT2D eigenvalue weighted by molar-refractivity contribution is 0.176. The molecule has 0 bridgehead atoms. The van der Waals surface area contributed by atoms with Gasteiger partial charge in [-0.1, -0.05) is 40.0 Å². The molecule has 1 aliphatic carbocycles. The molecule has 0 radical (unpaired) electrons. The number of rotatable bonds is 4. The highest BCUT2D eigenvalue weighted by Gasteiger charge is 2.29. The van der Waals surface area contributed by atoms with Crippen LogP contribution in [0.5, 0.6) is 0 Å². The zero-order valence-electron chi connectivity index (χ0n) is 17.8. The molecule has 0 saturated heterocycles. The molecule has 2 aromatic rings. The molecule has 28 heavy (non-hydrogen) atoms. The Labute approximate surface area is 168 Å². The van der Waals surface area contributed by atoms with E-state index in [9.17, 15) is 5.11 Å². The van der Waals surface area contributed by atoms with Crippen molar-refractivity contribution >= 4 is 16.9 Å². The van der Waals surface area contributed by atoms with Crippen molar-refractivity contribution in [3.63, 3.8) is 0 Å². The van der Waals surface area contributed by atoms with Gasteiger partial charge in [0.15, 0.2) is 5.65 Å². The van der Waals surface area contributed by atoms with Crippen molar-refractivity contribution in [1.82, 2.24) is 14.5 Å². The molecule has 4 rings (SSSR count). The molecular weight excluding hydrogens is 348 g/mol. The Morgan fingerprint density at radius 1 is 1.18 bits per heavy atom. The normalized spacial score (nSPS) is 24.1. The van der Waals surface area contributed by atoms with Crippen molar-refractivity contribution in [1.29, 1.82) is 0 Å². The third-order valence-electron chi connectivity index (χ3n) is 6.70. The number of aliphatic hydroxyl groups is 1. The predicted molar refractivity (Wildman–Crippen MR) is 114 cm³/mol. The SMILES string of the molecule is Cn1c(C(C)(C)C)cc2ncc(C3=N[C@@H](CO)[C@H](CC4CCC4)CCC3)nc21. The van der Waals surface area contributed by atoms with Crippen LogP contribution < -0.4 is 0 Å². The van der Waals surface area contributed by atoms with E-state index in [4.69, 9.17) is 15.0 Å². The molecule has 5 heteroatoms. The Hall–Kier alpha value is -1.75. The van der Waals surface area contributed by atoms with Gasteiger partial charge in [-0.3, -0.25) is 9.98 Å². The molecule has 2 aromatic heterocycles. The summed E-state index contributed by atoms with van der Waals surface area (Å²) in [6.45, 7) is 6.78. The third kappa shape index (κ3) is 3.73. The minimum atomic E-state index is 0.00847. The van der Waals surface area contributed by atoms with Crippen LogP contribution >= 0.6 is 0 Å². The van der Waals surface area contributed by atoms with Crippen molar-refractivity contribution in [3.05, 3.63) is 23.7 Å². The van der Waals surface area contributed by atoms with E-state index in [1.54, 1.807) is 0 Å². The van der Waals surface area contributed by atoms with Gasteiger partial charge in [0.2, 0.25) is 0 Å². The predicted octanol–water partition coefficient (Wildman–Crippen LogP) is 4.41. The van der Waals surface area contributed by atoms with Gasteiger partial charge in [-0.25, -0.2) is 4.98 Å².